The van der Waals surface area contributed by atoms with Crippen LogP contribution in [0.4, 0.5) is 14.6 Å². The first-order valence-electron chi connectivity index (χ1n) is 6.00. The first-order chi connectivity index (χ1) is 10.1. The van der Waals surface area contributed by atoms with E-state index in [0.717, 1.165) is 17.0 Å². The van der Waals surface area contributed by atoms with Gasteiger partial charge in [0.1, 0.15) is 17.2 Å². The topological polar surface area (TPSA) is 57.8 Å². The highest BCUT2D eigenvalue weighted by Crippen LogP contribution is 2.24. The summed E-state index contributed by atoms with van der Waals surface area (Å²) >= 11 is 1.51. The molecule has 0 aliphatic heterocycles. The molecule has 4 nitrogen and oxygen atoms in total. The van der Waals surface area contributed by atoms with E-state index in [4.69, 9.17) is 0 Å². The fraction of sp³-hybridized carbons (Fsp3) is 0. The fourth-order valence-electron chi connectivity index (χ4n) is 1.84. The van der Waals surface area contributed by atoms with Crippen molar-refractivity contribution in [2.24, 2.45) is 0 Å². The van der Waals surface area contributed by atoms with Crippen LogP contribution in [0.15, 0.2) is 41.8 Å². The maximum Gasteiger partial charge on any atom is 0.262 e. The second kappa shape index (κ2) is 5.45. The Morgan fingerprint density at radius 3 is 2.62 bits per heavy atom. The van der Waals surface area contributed by atoms with Gasteiger partial charge in [0.05, 0.1) is 10.6 Å². The number of nitrogens with zero attached hydrogens (tertiary/aromatic N) is 1. The van der Waals surface area contributed by atoms with E-state index < -0.39 is 23.1 Å². The third-order valence-corrected chi connectivity index (χ3v) is 3.70. The summed E-state index contributed by atoms with van der Waals surface area (Å²) in [5.41, 5.74) is 0.0903. The number of aromatic nitrogens is 2. The molecule has 0 bridgehead atoms. The van der Waals surface area contributed by atoms with Crippen molar-refractivity contribution in [3.05, 3.63) is 59.0 Å². The third kappa shape index (κ3) is 2.68. The van der Waals surface area contributed by atoms with E-state index in [0.29, 0.717) is 5.69 Å². The standard InChI is InChI=1S/C14H9F2N3OS/c15-8-3-1-4-9(16)13(8)14(20)17-12-7-10(18-19-12)11-5-2-6-21-11/h1-7H,(H2,17,18,19,20). The van der Waals surface area contributed by atoms with Gasteiger partial charge < -0.3 is 5.32 Å². The number of hydrogen-bond donors (Lipinski definition) is 2. The van der Waals surface area contributed by atoms with Crippen molar-refractivity contribution < 1.29 is 13.6 Å². The number of aromatic amines is 1. The molecule has 7 heteroatoms. The second-order valence-corrected chi connectivity index (χ2v) is 5.14. The number of carbonyl (C=O) groups is 1. The van der Waals surface area contributed by atoms with Gasteiger partial charge in [0.2, 0.25) is 0 Å². The maximum atomic E-state index is 13.5. The molecule has 0 unspecified atom stereocenters. The molecule has 0 spiro atoms. The lowest BCUT2D eigenvalue weighted by atomic mass is 10.2. The Bertz CT molecular complexity index is 763. The highest BCUT2D eigenvalue weighted by molar-refractivity contribution is 7.13. The molecule has 1 amide bonds. The highest BCUT2D eigenvalue weighted by Gasteiger charge is 2.18. The Kier molecular flexibility index (Phi) is 3.49. The van der Waals surface area contributed by atoms with Crippen molar-refractivity contribution in [3.8, 4) is 10.6 Å². The summed E-state index contributed by atoms with van der Waals surface area (Å²) in [5, 5.41) is 10.9. The molecule has 3 rings (SSSR count). The zero-order chi connectivity index (χ0) is 14.8. The molecular formula is C14H9F2N3OS. The molecular weight excluding hydrogens is 296 g/mol. The minimum atomic E-state index is -0.915. The van der Waals surface area contributed by atoms with Crippen LogP contribution < -0.4 is 5.32 Å². The molecule has 2 N–H and O–H groups in total. The zero-order valence-corrected chi connectivity index (χ0v) is 11.4. The van der Waals surface area contributed by atoms with Crippen LogP contribution in [0, 0.1) is 11.6 Å². The SMILES string of the molecule is O=C(Nc1cc(-c2cccs2)[nH]n1)c1c(F)cccc1F. The summed E-state index contributed by atoms with van der Waals surface area (Å²) in [5.74, 6) is -2.51. The third-order valence-electron chi connectivity index (χ3n) is 2.80. The van der Waals surface area contributed by atoms with Crippen molar-refractivity contribution in [2.75, 3.05) is 5.32 Å². The molecule has 0 aliphatic carbocycles. The predicted molar refractivity (Wildman–Crippen MR) is 76.2 cm³/mol. The first-order valence-corrected chi connectivity index (χ1v) is 6.88. The van der Waals surface area contributed by atoms with Crippen molar-refractivity contribution in [3.63, 3.8) is 0 Å². The average molecular weight is 305 g/mol. The van der Waals surface area contributed by atoms with Crippen molar-refractivity contribution in [1.82, 2.24) is 10.2 Å². The van der Waals surface area contributed by atoms with E-state index in [-0.39, 0.29) is 5.82 Å². The Labute approximate surface area is 122 Å². The van der Waals surface area contributed by atoms with Crippen LogP contribution in [0.1, 0.15) is 10.4 Å². The monoisotopic (exact) mass is 305 g/mol. The van der Waals surface area contributed by atoms with E-state index in [9.17, 15) is 13.6 Å². The van der Waals surface area contributed by atoms with Crippen LogP contribution in [-0.4, -0.2) is 16.1 Å². The number of carbonyl (C=O) groups excluding carboxylic acids is 1. The van der Waals surface area contributed by atoms with Gasteiger partial charge >= 0.3 is 0 Å². The number of benzene rings is 1. The average Bonchev–Trinajstić information content (AvgIpc) is 3.08. The van der Waals surface area contributed by atoms with E-state index in [1.807, 2.05) is 17.5 Å². The molecule has 0 fully saturated rings. The molecule has 0 aliphatic rings. The lowest BCUT2D eigenvalue weighted by Crippen LogP contribution is -2.16. The summed E-state index contributed by atoms with van der Waals surface area (Å²) in [4.78, 5) is 12.9. The molecule has 0 radical (unpaired) electrons. The van der Waals surface area contributed by atoms with E-state index in [1.54, 1.807) is 6.07 Å². The Balaban J connectivity index is 1.82. The molecule has 21 heavy (non-hydrogen) atoms. The second-order valence-electron chi connectivity index (χ2n) is 4.19. The van der Waals surface area contributed by atoms with Crippen LogP contribution >= 0.6 is 11.3 Å². The number of halogens is 2. The lowest BCUT2D eigenvalue weighted by Gasteiger charge is -2.04. The van der Waals surface area contributed by atoms with Gasteiger partial charge in [-0.05, 0) is 23.6 Å². The summed E-state index contributed by atoms with van der Waals surface area (Å²) in [7, 11) is 0. The normalized spacial score (nSPS) is 10.6. The number of nitrogens with one attached hydrogen (secondary N) is 2. The van der Waals surface area contributed by atoms with Crippen LogP contribution in [0.25, 0.3) is 10.6 Å². The lowest BCUT2D eigenvalue weighted by molar-refractivity contribution is 0.101. The quantitative estimate of drug-likeness (QED) is 0.775. The van der Waals surface area contributed by atoms with Crippen LogP contribution in [0.3, 0.4) is 0 Å². The largest absolute Gasteiger partial charge is 0.305 e. The van der Waals surface area contributed by atoms with Crippen molar-refractivity contribution >= 4 is 23.1 Å². The number of H-pyrrole nitrogens is 1. The summed E-state index contributed by atoms with van der Waals surface area (Å²) in [6.07, 6.45) is 0. The molecule has 2 heterocycles. The molecule has 106 valence electrons. The Morgan fingerprint density at radius 2 is 1.95 bits per heavy atom. The molecule has 0 atom stereocenters. The van der Waals surface area contributed by atoms with Gasteiger partial charge in [-0.3, -0.25) is 9.89 Å². The smallest absolute Gasteiger partial charge is 0.262 e. The van der Waals surface area contributed by atoms with Crippen LogP contribution in [0.2, 0.25) is 0 Å². The predicted octanol–water partition coefficient (Wildman–Crippen LogP) is 3.67. The number of hydrogen-bond acceptors (Lipinski definition) is 3. The Morgan fingerprint density at radius 1 is 1.19 bits per heavy atom. The zero-order valence-electron chi connectivity index (χ0n) is 10.6. The number of anilines is 1. The Hall–Kier alpha value is -2.54. The first kappa shape index (κ1) is 13.4. The van der Waals surface area contributed by atoms with E-state index in [1.165, 1.54) is 17.4 Å². The molecule has 2 aromatic heterocycles. The van der Waals surface area contributed by atoms with Crippen LogP contribution in [0.5, 0.6) is 0 Å². The highest BCUT2D eigenvalue weighted by atomic mass is 32.1. The van der Waals surface area contributed by atoms with Gasteiger partial charge in [0, 0.05) is 6.07 Å². The number of thiophene rings is 1. The molecule has 1 aromatic carbocycles. The van der Waals surface area contributed by atoms with Gasteiger partial charge in [0.15, 0.2) is 5.82 Å². The minimum absolute atomic E-state index is 0.200. The van der Waals surface area contributed by atoms with Crippen molar-refractivity contribution in [1.29, 1.82) is 0 Å². The van der Waals surface area contributed by atoms with E-state index >= 15 is 0 Å². The van der Waals surface area contributed by atoms with Gasteiger partial charge in [0.25, 0.3) is 5.91 Å². The van der Waals surface area contributed by atoms with Crippen LogP contribution in [-0.2, 0) is 0 Å². The summed E-state index contributed by atoms with van der Waals surface area (Å²) in [6.45, 7) is 0. The molecule has 0 saturated heterocycles. The minimum Gasteiger partial charge on any atom is -0.305 e. The van der Waals surface area contributed by atoms with Gasteiger partial charge in [-0.15, -0.1) is 11.3 Å². The maximum absolute atomic E-state index is 13.5. The van der Waals surface area contributed by atoms with Crippen molar-refractivity contribution in [2.45, 2.75) is 0 Å². The van der Waals surface area contributed by atoms with Gasteiger partial charge in [-0.2, -0.15) is 5.10 Å². The molecule has 3 aromatic rings. The summed E-state index contributed by atoms with van der Waals surface area (Å²) in [6, 6.07) is 8.63. The van der Waals surface area contributed by atoms with E-state index in [2.05, 4.69) is 15.5 Å². The summed E-state index contributed by atoms with van der Waals surface area (Å²) < 4.78 is 27.0. The molecule has 0 saturated carbocycles. The number of amides is 1. The number of rotatable bonds is 3. The van der Waals surface area contributed by atoms with Gasteiger partial charge in [-0.1, -0.05) is 12.1 Å². The van der Waals surface area contributed by atoms with Gasteiger partial charge in [-0.25, -0.2) is 8.78 Å². The fourth-order valence-corrected chi connectivity index (χ4v) is 2.53.